The van der Waals surface area contributed by atoms with Crippen molar-refractivity contribution in [2.75, 3.05) is 7.05 Å². The van der Waals surface area contributed by atoms with Crippen molar-refractivity contribution >= 4 is 10.8 Å². The molecule has 2 heteroatoms. The van der Waals surface area contributed by atoms with Gasteiger partial charge < -0.3 is 5.32 Å². The highest BCUT2D eigenvalue weighted by atomic mass is 14.9. The molecule has 0 bridgehead atoms. The maximum absolute atomic E-state index is 4.24. The lowest BCUT2D eigenvalue weighted by Gasteiger charge is -2.35. The van der Waals surface area contributed by atoms with E-state index in [9.17, 15) is 0 Å². The Balaban J connectivity index is 2.08. The van der Waals surface area contributed by atoms with Gasteiger partial charge in [0.15, 0.2) is 0 Å². The second-order valence-electron chi connectivity index (χ2n) is 6.70. The van der Waals surface area contributed by atoms with Gasteiger partial charge in [-0.1, -0.05) is 38.5 Å². The molecule has 1 N–H and O–H groups in total. The summed E-state index contributed by atoms with van der Waals surface area (Å²) in [6, 6.07) is 9.16. The average molecular weight is 268 g/mol. The van der Waals surface area contributed by atoms with Crippen LogP contribution in [0, 0.1) is 11.3 Å². The third-order valence-electron chi connectivity index (χ3n) is 5.10. The first-order valence-electron chi connectivity index (χ1n) is 7.63. The molecule has 1 aromatic carbocycles. The topological polar surface area (TPSA) is 24.9 Å². The summed E-state index contributed by atoms with van der Waals surface area (Å²) < 4.78 is 0. The van der Waals surface area contributed by atoms with E-state index >= 15 is 0 Å². The normalized spacial score (nSPS) is 23.1. The number of aromatic nitrogens is 1. The van der Waals surface area contributed by atoms with E-state index in [0.29, 0.717) is 17.4 Å². The predicted molar refractivity (Wildman–Crippen MR) is 84.7 cm³/mol. The molecule has 1 aliphatic carbocycles. The van der Waals surface area contributed by atoms with Gasteiger partial charge in [-0.2, -0.15) is 0 Å². The number of benzene rings is 1. The smallest absolute Gasteiger partial charge is 0.0357 e. The zero-order valence-electron chi connectivity index (χ0n) is 12.7. The van der Waals surface area contributed by atoms with E-state index in [-0.39, 0.29) is 0 Å². The highest BCUT2D eigenvalue weighted by molar-refractivity contribution is 5.85. The van der Waals surface area contributed by atoms with Crippen molar-refractivity contribution < 1.29 is 0 Å². The van der Waals surface area contributed by atoms with Crippen molar-refractivity contribution in [3.63, 3.8) is 0 Å². The molecular weight excluding hydrogens is 244 g/mol. The number of nitrogens with zero attached hydrogens (tertiary/aromatic N) is 1. The van der Waals surface area contributed by atoms with Crippen molar-refractivity contribution in [2.24, 2.45) is 11.3 Å². The molecule has 0 spiro atoms. The van der Waals surface area contributed by atoms with E-state index in [4.69, 9.17) is 0 Å². The first-order valence-corrected chi connectivity index (χ1v) is 7.63. The molecular formula is C18H24N2. The van der Waals surface area contributed by atoms with Crippen LogP contribution in [0.4, 0.5) is 0 Å². The molecule has 2 atom stereocenters. The third-order valence-corrected chi connectivity index (χ3v) is 5.10. The first kappa shape index (κ1) is 13.6. The lowest BCUT2D eigenvalue weighted by Crippen LogP contribution is -2.32. The molecule has 0 radical (unpaired) electrons. The zero-order chi connectivity index (χ0) is 14.2. The monoisotopic (exact) mass is 268 g/mol. The molecule has 0 amide bonds. The van der Waals surface area contributed by atoms with Gasteiger partial charge in [0.1, 0.15) is 0 Å². The molecule has 106 valence electrons. The van der Waals surface area contributed by atoms with Crippen molar-refractivity contribution in [1.82, 2.24) is 10.3 Å². The van der Waals surface area contributed by atoms with Gasteiger partial charge in [0.05, 0.1) is 0 Å². The number of hydrogen-bond donors (Lipinski definition) is 1. The van der Waals surface area contributed by atoms with E-state index in [1.54, 1.807) is 0 Å². The van der Waals surface area contributed by atoms with Gasteiger partial charge in [0.25, 0.3) is 0 Å². The molecule has 1 aromatic heterocycles. The Hall–Kier alpha value is -1.41. The minimum absolute atomic E-state index is 0.420. The summed E-state index contributed by atoms with van der Waals surface area (Å²) in [4.78, 5) is 4.24. The largest absolute Gasteiger partial charge is 0.313 e. The summed E-state index contributed by atoms with van der Waals surface area (Å²) >= 11 is 0. The van der Waals surface area contributed by atoms with Crippen LogP contribution in [0.15, 0.2) is 36.7 Å². The summed E-state index contributed by atoms with van der Waals surface area (Å²) in [6.45, 7) is 4.84. The fraction of sp³-hybridized carbons (Fsp3) is 0.500. The quantitative estimate of drug-likeness (QED) is 0.896. The maximum Gasteiger partial charge on any atom is 0.0357 e. The second kappa shape index (κ2) is 5.17. The molecule has 2 aromatic rings. The summed E-state index contributed by atoms with van der Waals surface area (Å²) in [6.07, 6.45) is 7.87. The van der Waals surface area contributed by atoms with Crippen LogP contribution in [0.2, 0.25) is 0 Å². The van der Waals surface area contributed by atoms with E-state index in [2.05, 4.69) is 55.5 Å². The molecule has 0 aliphatic heterocycles. The highest BCUT2D eigenvalue weighted by Crippen LogP contribution is 2.49. The maximum atomic E-state index is 4.24. The van der Waals surface area contributed by atoms with Gasteiger partial charge in [-0.15, -0.1) is 0 Å². The van der Waals surface area contributed by atoms with E-state index in [1.165, 1.54) is 35.6 Å². The van der Waals surface area contributed by atoms with Crippen molar-refractivity contribution in [2.45, 2.75) is 39.2 Å². The Kier molecular flexibility index (Phi) is 3.51. The molecule has 2 nitrogen and oxygen atoms in total. The van der Waals surface area contributed by atoms with Crippen LogP contribution in [0.3, 0.4) is 0 Å². The zero-order valence-corrected chi connectivity index (χ0v) is 12.7. The van der Waals surface area contributed by atoms with Gasteiger partial charge in [0, 0.05) is 23.8 Å². The summed E-state index contributed by atoms with van der Waals surface area (Å²) in [7, 11) is 2.10. The molecule has 1 fully saturated rings. The fourth-order valence-electron chi connectivity index (χ4n) is 3.96. The van der Waals surface area contributed by atoms with Crippen LogP contribution < -0.4 is 5.32 Å². The fourth-order valence-corrected chi connectivity index (χ4v) is 3.96. The van der Waals surface area contributed by atoms with Crippen LogP contribution in [0.25, 0.3) is 10.8 Å². The van der Waals surface area contributed by atoms with Crippen LogP contribution in [0.1, 0.15) is 44.7 Å². The van der Waals surface area contributed by atoms with Crippen LogP contribution in [0.5, 0.6) is 0 Å². The molecule has 1 saturated carbocycles. The SMILES string of the molecule is CNC(c1cccc2cnccc12)C1CCCC1(C)C. The third kappa shape index (κ3) is 2.22. The lowest BCUT2D eigenvalue weighted by atomic mass is 9.75. The average Bonchev–Trinajstić information content (AvgIpc) is 2.80. The molecule has 2 unspecified atom stereocenters. The Morgan fingerprint density at radius 3 is 2.85 bits per heavy atom. The summed E-state index contributed by atoms with van der Waals surface area (Å²) in [5.74, 6) is 0.700. The second-order valence-corrected chi connectivity index (χ2v) is 6.70. The van der Waals surface area contributed by atoms with Crippen LogP contribution in [-0.4, -0.2) is 12.0 Å². The molecule has 0 saturated heterocycles. The van der Waals surface area contributed by atoms with Gasteiger partial charge in [0.2, 0.25) is 0 Å². The van der Waals surface area contributed by atoms with Crippen molar-refractivity contribution in [3.05, 3.63) is 42.2 Å². The number of hydrogen-bond acceptors (Lipinski definition) is 2. The molecule has 20 heavy (non-hydrogen) atoms. The van der Waals surface area contributed by atoms with Gasteiger partial charge >= 0.3 is 0 Å². The van der Waals surface area contributed by atoms with Gasteiger partial charge in [-0.25, -0.2) is 0 Å². The standard InChI is InChI=1S/C18H24N2/c1-18(2)10-5-8-16(18)17(19-3)15-7-4-6-13-12-20-11-9-14(13)15/h4,6-7,9,11-12,16-17,19H,5,8,10H2,1-3H3. The minimum atomic E-state index is 0.420. The van der Waals surface area contributed by atoms with Crippen molar-refractivity contribution in [1.29, 1.82) is 0 Å². The van der Waals surface area contributed by atoms with E-state index in [1.807, 2.05) is 12.4 Å². The molecule has 1 heterocycles. The Morgan fingerprint density at radius 1 is 1.30 bits per heavy atom. The van der Waals surface area contributed by atoms with Gasteiger partial charge in [-0.05, 0) is 48.2 Å². The Morgan fingerprint density at radius 2 is 2.15 bits per heavy atom. The molecule has 3 rings (SSSR count). The Bertz CT molecular complexity index is 598. The highest BCUT2D eigenvalue weighted by Gasteiger charge is 2.39. The van der Waals surface area contributed by atoms with Gasteiger partial charge in [-0.3, -0.25) is 4.98 Å². The van der Waals surface area contributed by atoms with E-state index < -0.39 is 0 Å². The Labute approximate surface area is 121 Å². The summed E-state index contributed by atoms with van der Waals surface area (Å²) in [5, 5.41) is 6.16. The van der Waals surface area contributed by atoms with Crippen LogP contribution in [-0.2, 0) is 0 Å². The summed E-state index contributed by atoms with van der Waals surface area (Å²) in [5.41, 5.74) is 1.84. The predicted octanol–water partition coefficient (Wildman–Crippen LogP) is 4.32. The first-order chi connectivity index (χ1) is 9.63. The molecule has 1 aliphatic rings. The minimum Gasteiger partial charge on any atom is -0.313 e. The number of pyridine rings is 1. The van der Waals surface area contributed by atoms with E-state index in [0.717, 1.165) is 0 Å². The van der Waals surface area contributed by atoms with Crippen molar-refractivity contribution in [3.8, 4) is 0 Å². The number of nitrogens with one attached hydrogen (secondary N) is 1. The number of fused-ring (bicyclic) bond motifs is 1. The van der Waals surface area contributed by atoms with Crippen LogP contribution >= 0.6 is 0 Å². The number of rotatable bonds is 3. The lowest BCUT2D eigenvalue weighted by molar-refractivity contribution is 0.204.